The number of anilines is 1. The van der Waals surface area contributed by atoms with Gasteiger partial charge in [-0.05, 0) is 71.9 Å². The molecule has 2 fully saturated rings. The Labute approximate surface area is 258 Å². The molecule has 0 spiro atoms. The van der Waals surface area contributed by atoms with Gasteiger partial charge in [0.15, 0.2) is 0 Å². The zero-order chi connectivity index (χ0) is 30.6. The molecule has 1 amide bonds. The molecule has 1 saturated heterocycles. The number of carbonyl (C=O) groups excluding carboxylic acids is 2. The van der Waals surface area contributed by atoms with Crippen molar-refractivity contribution in [3.05, 3.63) is 81.7 Å². The largest absolute Gasteiger partial charge is 0.465 e. The molecule has 1 aromatic heterocycles. The molecule has 1 saturated carbocycles. The van der Waals surface area contributed by atoms with E-state index < -0.39 is 21.9 Å². The molecule has 0 radical (unpaired) electrons. The van der Waals surface area contributed by atoms with E-state index in [1.54, 1.807) is 16.4 Å². The Morgan fingerprint density at radius 3 is 2.47 bits per heavy atom. The lowest BCUT2D eigenvalue weighted by Gasteiger charge is -2.39. The van der Waals surface area contributed by atoms with Crippen molar-refractivity contribution < 1.29 is 22.7 Å². The molecule has 10 heteroatoms. The fraction of sp³-hybridized carbons (Fsp3) is 0.455. The van der Waals surface area contributed by atoms with Crippen molar-refractivity contribution in [3.8, 4) is 0 Å². The van der Waals surface area contributed by atoms with Crippen LogP contribution in [-0.2, 0) is 34.3 Å². The Morgan fingerprint density at radius 2 is 1.77 bits per heavy atom. The molecule has 2 aromatic carbocycles. The summed E-state index contributed by atoms with van der Waals surface area (Å²) < 4.78 is 34.1. The predicted molar refractivity (Wildman–Crippen MR) is 168 cm³/mol. The van der Waals surface area contributed by atoms with Gasteiger partial charge in [-0.1, -0.05) is 51.1 Å². The van der Waals surface area contributed by atoms with Gasteiger partial charge < -0.3 is 10.1 Å². The summed E-state index contributed by atoms with van der Waals surface area (Å²) in [6.07, 6.45) is 3.42. The highest BCUT2D eigenvalue weighted by molar-refractivity contribution is 7.89. The molecule has 2 aliphatic heterocycles. The summed E-state index contributed by atoms with van der Waals surface area (Å²) >= 11 is 1.40. The van der Waals surface area contributed by atoms with Crippen LogP contribution < -0.4 is 5.32 Å². The lowest BCUT2D eigenvalue weighted by atomic mass is 9.65. The number of sulfonamides is 1. The van der Waals surface area contributed by atoms with Crippen molar-refractivity contribution in [2.45, 2.75) is 70.5 Å². The molecule has 2 bridgehead atoms. The van der Waals surface area contributed by atoms with E-state index in [1.807, 2.05) is 18.2 Å². The van der Waals surface area contributed by atoms with E-state index in [0.29, 0.717) is 35.6 Å². The number of esters is 1. The van der Waals surface area contributed by atoms with Crippen molar-refractivity contribution in [1.29, 1.82) is 0 Å². The van der Waals surface area contributed by atoms with Crippen LogP contribution in [0, 0.1) is 10.8 Å². The molecular weight excluding hydrogens is 583 g/mol. The maximum Gasteiger partial charge on any atom is 0.341 e. The number of nitrogens with zero attached hydrogens (tertiary/aromatic N) is 2. The van der Waals surface area contributed by atoms with Gasteiger partial charge >= 0.3 is 5.97 Å². The zero-order valence-corrected chi connectivity index (χ0v) is 26.8. The third kappa shape index (κ3) is 5.90. The summed E-state index contributed by atoms with van der Waals surface area (Å²) in [4.78, 5) is 29.7. The highest BCUT2D eigenvalue weighted by atomic mass is 32.2. The van der Waals surface area contributed by atoms with Gasteiger partial charge in [-0.3, -0.25) is 9.69 Å². The minimum Gasteiger partial charge on any atom is -0.465 e. The highest BCUT2D eigenvalue weighted by Crippen LogP contribution is 2.53. The van der Waals surface area contributed by atoms with E-state index in [4.69, 9.17) is 4.74 Å². The van der Waals surface area contributed by atoms with E-state index in [1.165, 1.54) is 36.1 Å². The third-order valence-corrected chi connectivity index (χ3v) is 12.1. The summed E-state index contributed by atoms with van der Waals surface area (Å²) in [6, 6.07) is 16.4. The van der Waals surface area contributed by atoms with E-state index in [2.05, 4.69) is 43.1 Å². The summed E-state index contributed by atoms with van der Waals surface area (Å²) in [6.45, 7) is 9.42. The first-order valence-corrected chi connectivity index (χ1v) is 17.1. The van der Waals surface area contributed by atoms with Crippen LogP contribution in [0.1, 0.15) is 76.8 Å². The average molecular weight is 622 g/mol. The fourth-order valence-electron chi connectivity index (χ4n) is 7.62. The second kappa shape index (κ2) is 11.1. The van der Waals surface area contributed by atoms with Crippen LogP contribution in [0.3, 0.4) is 0 Å². The van der Waals surface area contributed by atoms with E-state index in [9.17, 15) is 18.0 Å². The minimum absolute atomic E-state index is 0.00746. The summed E-state index contributed by atoms with van der Waals surface area (Å²) in [5.74, 6) is -0.876. The van der Waals surface area contributed by atoms with Crippen LogP contribution in [0.2, 0.25) is 0 Å². The Bertz CT molecular complexity index is 1650. The Kier molecular flexibility index (Phi) is 7.77. The molecule has 1 N–H and O–H groups in total. The van der Waals surface area contributed by atoms with Gasteiger partial charge in [-0.15, -0.1) is 11.3 Å². The number of amides is 1. The molecular formula is C33H39N3O5S2. The van der Waals surface area contributed by atoms with Crippen LogP contribution in [-0.4, -0.2) is 55.7 Å². The quantitative estimate of drug-likeness (QED) is 0.329. The standard InChI is InChI=1S/C33H39N3O5S2/c1-32(2)16-24-17-33(3,20-32)21-36(24)43(39,40)25-12-10-23(11-13-25)29(37)34-30-28(31(38)41-4)26-14-15-35(19-27(26)42-30)18-22-8-6-5-7-9-22/h5-13,24H,14-21H2,1-4H3,(H,34,37). The van der Waals surface area contributed by atoms with Crippen LogP contribution >= 0.6 is 11.3 Å². The number of hydrogen-bond donors (Lipinski definition) is 1. The number of hydrogen-bond acceptors (Lipinski definition) is 7. The van der Waals surface area contributed by atoms with Gasteiger partial charge in [-0.25, -0.2) is 13.2 Å². The molecule has 228 valence electrons. The summed E-state index contributed by atoms with van der Waals surface area (Å²) in [5.41, 5.74) is 2.96. The van der Waals surface area contributed by atoms with Crippen LogP contribution in [0.4, 0.5) is 5.00 Å². The first kappa shape index (κ1) is 30.0. The topological polar surface area (TPSA) is 96.0 Å². The molecule has 3 heterocycles. The number of methoxy groups -OCH3 is 1. The number of rotatable bonds is 7. The van der Waals surface area contributed by atoms with Gasteiger partial charge in [0.2, 0.25) is 10.0 Å². The molecule has 1 aliphatic carbocycles. The van der Waals surface area contributed by atoms with Crippen molar-refractivity contribution >= 4 is 38.2 Å². The van der Waals surface area contributed by atoms with Crippen LogP contribution in [0.5, 0.6) is 0 Å². The molecule has 2 unspecified atom stereocenters. The fourth-order valence-corrected chi connectivity index (χ4v) is 10.7. The number of thiophene rings is 1. The van der Waals surface area contributed by atoms with Crippen LogP contribution in [0.15, 0.2) is 59.5 Å². The molecule has 8 nitrogen and oxygen atoms in total. The molecule has 2 atom stereocenters. The SMILES string of the molecule is COC(=O)c1c(NC(=O)c2ccc(S(=O)(=O)N3CC4(C)CC3CC(C)(C)C4)cc2)sc2c1CCN(Cc1ccccc1)C2. The molecule has 3 aliphatic rings. The Balaban J connectivity index is 1.19. The lowest BCUT2D eigenvalue weighted by molar-refractivity contribution is 0.0600. The van der Waals surface area contributed by atoms with Gasteiger partial charge in [0.25, 0.3) is 5.91 Å². The van der Waals surface area contributed by atoms with Gasteiger partial charge in [0.1, 0.15) is 5.00 Å². The maximum absolute atomic E-state index is 13.7. The van der Waals surface area contributed by atoms with Crippen molar-refractivity contribution in [1.82, 2.24) is 9.21 Å². The number of benzene rings is 2. The number of carbonyl (C=O) groups is 2. The summed E-state index contributed by atoms with van der Waals surface area (Å²) in [7, 11) is -2.35. The third-order valence-electron chi connectivity index (χ3n) is 9.09. The van der Waals surface area contributed by atoms with E-state index >= 15 is 0 Å². The van der Waals surface area contributed by atoms with Crippen molar-refractivity contribution in [3.63, 3.8) is 0 Å². The second-order valence-electron chi connectivity index (χ2n) is 13.4. The Morgan fingerprint density at radius 1 is 1.05 bits per heavy atom. The average Bonchev–Trinajstić information content (AvgIpc) is 3.45. The van der Waals surface area contributed by atoms with Gasteiger partial charge in [0, 0.05) is 42.7 Å². The number of fused-ring (bicyclic) bond motifs is 3. The first-order valence-electron chi connectivity index (χ1n) is 14.8. The van der Waals surface area contributed by atoms with Crippen molar-refractivity contribution in [2.75, 3.05) is 25.5 Å². The smallest absolute Gasteiger partial charge is 0.341 e. The number of nitrogens with one attached hydrogen (secondary N) is 1. The molecule has 6 rings (SSSR count). The first-order chi connectivity index (χ1) is 20.4. The zero-order valence-electron chi connectivity index (χ0n) is 25.2. The van der Waals surface area contributed by atoms with Gasteiger partial charge in [0.05, 0.1) is 17.6 Å². The highest BCUT2D eigenvalue weighted by Gasteiger charge is 2.53. The van der Waals surface area contributed by atoms with E-state index in [0.717, 1.165) is 42.8 Å². The molecule has 43 heavy (non-hydrogen) atoms. The normalized spacial score (nSPS) is 23.5. The predicted octanol–water partition coefficient (Wildman–Crippen LogP) is 5.93. The van der Waals surface area contributed by atoms with E-state index in [-0.39, 0.29) is 21.8 Å². The molecule has 3 aromatic rings. The lowest BCUT2D eigenvalue weighted by Crippen LogP contribution is -2.37. The van der Waals surface area contributed by atoms with Gasteiger partial charge in [-0.2, -0.15) is 4.31 Å². The van der Waals surface area contributed by atoms with Crippen molar-refractivity contribution in [2.24, 2.45) is 10.8 Å². The number of ether oxygens (including phenoxy) is 1. The minimum atomic E-state index is -3.70. The monoisotopic (exact) mass is 621 g/mol. The Hall–Kier alpha value is -3.05. The van der Waals surface area contributed by atoms with Crippen LogP contribution in [0.25, 0.3) is 0 Å². The second-order valence-corrected chi connectivity index (χ2v) is 16.4. The summed E-state index contributed by atoms with van der Waals surface area (Å²) in [5, 5.41) is 3.38. The maximum atomic E-state index is 13.7.